The number of carboxylic acid groups (broad SMARTS) is 2. The van der Waals surface area contributed by atoms with Crippen LogP contribution in [0.4, 0.5) is 0 Å². The molecule has 2 aliphatic rings. The molecule has 0 radical (unpaired) electrons. The lowest BCUT2D eigenvalue weighted by Gasteiger charge is -2.53. The van der Waals surface area contributed by atoms with Gasteiger partial charge in [0, 0.05) is 12.3 Å². The molecule has 3 heterocycles. The maximum atomic E-state index is 12.6. The molecule has 2 unspecified atom stereocenters. The standard InChI is InChI=1S/C15H15N5O7S2/c1-2-15(14(25)26)4-20-12(24)9(13(20)28-5-15)17-11(23)8(10-16-6-29-19-10)18-27-3-7(21)22/h2,6,9,13H,1,3-5H2,(H,17,23)(H,21,22)(H,25,26)/t9?,13-,15?/m1/s1. The Morgan fingerprint density at radius 2 is 2.24 bits per heavy atom. The molecule has 154 valence electrons. The summed E-state index contributed by atoms with van der Waals surface area (Å²) in [6, 6.07) is -0.896. The van der Waals surface area contributed by atoms with Crippen LogP contribution in [0.2, 0.25) is 0 Å². The van der Waals surface area contributed by atoms with Gasteiger partial charge in [0.25, 0.3) is 5.91 Å². The molecule has 1 aromatic heterocycles. The second-order valence-electron chi connectivity index (χ2n) is 6.15. The smallest absolute Gasteiger partial charge is 0.344 e. The van der Waals surface area contributed by atoms with Crippen molar-refractivity contribution in [1.82, 2.24) is 19.6 Å². The molecule has 0 aromatic carbocycles. The summed E-state index contributed by atoms with van der Waals surface area (Å²) in [5.74, 6) is -3.49. The highest BCUT2D eigenvalue weighted by Crippen LogP contribution is 2.42. The number of carboxylic acids is 2. The summed E-state index contributed by atoms with van der Waals surface area (Å²) in [7, 11) is 0. The van der Waals surface area contributed by atoms with Crippen LogP contribution in [0, 0.1) is 5.41 Å². The van der Waals surface area contributed by atoms with Crippen molar-refractivity contribution in [1.29, 1.82) is 0 Å². The van der Waals surface area contributed by atoms with Crippen LogP contribution in [0.5, 0.6) is 0 Å². The second-order valence-corrected chi connectivity index (χ2v) is 7.86. The summed E-state index contributed by atoms with van der Waals surface area (Å²) in [4.78, 5) is 57.0. The van der Waals surface area contributed by atoms with Gasteiger partial charge in [0.2, 0.25) is 24.1 Å². The fourth-order valence-corrected chi connectivity index (χ4v) is 4.72. The predicted octanol–water partition coefficient (Wildman–Crippen LogP) is -1.000. The van der Waals surface area contributed by atoms with Crippen LogP contribution in [0.1, 0.15) is 5.82 Å². The number of nitrogens with one attached hydrogen (secondary N) is 1. The quantitative estimate of drug-likeness (QED) is 0.197. The third-order valence-corrected chi connectivity index (χ3v) is 6.37. The van der Waals surface area contributed by atoms with Crippen molar-refractivity contribution in [2.75, 3.05) is 18.9 Å². The number of rotatable bonds is 8. The normalized spacial score (nSPS) is 26.1. The van der Waals surface area contributed by atoms with E-state index in [1.807, 2.05) is 0 Å². The second kappa shape index (κ2) is 8.16. The molecule has 2 saturated heterocycles. The zero-order valence-corrected chi connectivity index (χ0v) is 16.3. The third kappa shape index (κ3) is 3.93. The fourth-order valence-electron chi connectivity index (χ4n) is 2.76. The lowest BCUT2D eigenvalue weighted by molar-refractivity contribution is -0.156. The molecule has 0 spiro atoms. The molecule has 0 aliphatic carbocycles. The van der Waals surface area contributed by atoms with Crippen LogP contribution < -0.4 is 5.32 Å². The summed E-state index contributed by atoms with van der Waals surface area (Å²) >= 11 is 2.17. The van der Waals surface area contributed by atoms with E-state index >= 15 is 0 Å². The first-order valence-electron chi connectivity index (χ1n) is 8.07. The van der Waals surface area contributed by atoms with E-state index < -0.39 is 47.2 Å². The molecule has 12 nitrogen and oxygen atoms in total. The summed E-state index contributed by atoms with van der Waals surface area (Å²) in [5, 5.41) is 23.6. The summed E-state index contributed by atoms with van der Waals surface area (Å²) in [6.45, 7) is 2.75. The van der Waals surface area contributed by atoms with Crippen molar-refractivity contribution in [3.05, 3.63) is 24.0 Å². The van der Waals surface area contributed by atoms with Gasteiger partial charge in [-0.2, -0.15) is 4.37 Å². The minimum Gasteiger partial charge on any atom is -0.481 e. The maximum absolute atomic E-state index is 12.6. The molecule has 29 heavy (non-hydrogen) atoms. The van der Waals surface area contributed by atoms with Gasteiger partial charge in [-0.05, 0) is 11.5 Å². The molecule has 3 N–H and O–H groups in total. The van der Waals surface area contributed by atoms with E-state index in [-0.39, 0.29) is 23.8 Å². The van der Waals surface area contributed by atoms with E-state index in [1.54, 1.807) is 0 Å². The third-order valence-electron chi connectivity index (χ3n) is 4.34. The molecule has 2 fully saturated rings. The Bertz CT molecular complexity index is 890. The average Bonchev–Trinajstić information content (AvgIpc) is 3.22. The van der Waals surface area contributed by atoms with Crippen LogP contribution in [0.15, 0.2) is 23.3 Å². The topological polar surface area (TPSA) is 171 Å². The van der Waals surface area contributed by atoms with Crippen molar-refractivity contribution in [3.63, 3.8) is 0 Å². The maximum Gasteiger partial charge on any atom is 0.344 e. The van der Waals surface area contributed by atoms with Gasteiger partial charge in [0.05, 0.1) is 0 Å². The van der Waals surface area contributed by atoms with Gasteiger partial charge in [0.1, 0.15) is 22.3 Å². The number of nitrogens with zero attached hydrogens (tertiary/aromatic N) is 4. The van der Waals surface area contributed by atoms with E-state index in [2.05, 4.69) is 31.2 Å². The van der Waals surface area contributed by atoms with Crippen LogP contribution in [0.3, 0.4) is 0 Å². The fraction of sp³-hybridized carbons (Fsp3) is 0.400. The lowest BCUT2D eigenvalue weighted by atomic mass is 9.87. The number of aliphatic carboxylic acids is 2. The van der Waals surface area contributed by atoms with Gasteiger partial charge < -0.3 is 25.3 Å². The monoisotopic (exact) mass is 441 g/mol. The highest BCUT2D eigenvalue weighted by atomic mass is 32.2. The number of carbonyl (C=O) groups is 4. The molecular formula is C15H15N5O7S2. The van der Waals surface area contributed by atoms with Gasteiger partial charge in [-0.1, -0.05) is 11.2 Å². The largest absolute Gasteiger partial charge is 0.481 e. The van der Waals surface area contributed by atoms with Crippen molar-refractivity contribution < 1.29 is 34.2 Å². The molecule has 2 aliphatic heterocycles. The number of amides is 2. The Kier molecular flexibility index (Phi) is 5.83. The molecule has 14 heteroatoms. The van der Waals surface area contributed by atoms with Gasteiger partial charge in [-0.3, -0.25) is 14.4 Å². The van der Waals surface area contributed by atoms with Gasteiger partial charge in [-0.15, -0.1) is 18.3 Å². The highest BCUT2D eigenvalue weighted by Gasteiger charge is 2.56. The number of carbonyl (C=O) groups excluding carboxylic acids is 2. The van der Waals surface area contributed by atoms with Crippen molar-refractivity contribution in [2.45, 2.75) is 11.4 Å². The Morgan fingerprint density at radius 3 is 2.83 bits per heavy atom. The van der Waals surface area contributed by atoms with Gasteiger partial charge in [-0.25, -0.2) is 9.78 Å². The molecular weight excluding hydrogens is 426 g/mol. The van der Waals surface area contributed by atoms with Gasteiger partial charge >= 0.3 is 11.9 Å². The van der Waals surface area contributed by atoms with E-state index in [0.717, 1.165) is 11.5 Å². The molecule has 2 amide bonds. The number of hydrogen-bond donors (Lipinski definition) is 3. The van der Waals surface area contributed by atoms with Crippen LogP contribution in [0.25, 0.3) is 0 Å². The van der Waals surface area contributed by atoms with Crippen molar-refractivity contribution in [3.8, 4) is 0 Å². The predicted molar refractivity (Wildman–Crippen MR) is 100 cm³/mol. The molecule has 3 rings (SSSR count). The Balaban J connectivity index is 1.70. The number of β-lactam (4-membered cyclic amide) rings is 1. The van der Waals surface area contributed by atoms with Crippen molar-refractivity contribution in [2.24, 2.45) is 10.6 Å². The Hall–Kier alpha value is -3.00. The number of oxime groups is 1. The lowest BCUT2D eigenvalue weighted by Crippen LogP contribution is -2.73. The number of aromatic nitrogens is 2. The molecule has 0 bridgehead atoms. The van der Waals surface area contributed by atoms with E-state index in [4.69, 9.17) is 5.11 Å². The molecule has 1 aromatic rings. The SMILES string of the molecule is C=CC1(C(=O)O)CS[C@@H]2C(NC(=O)C(=NOCC(=O)O)c3ncsn3)C(=O)N2C1. The van der Waals surface area contributed by atoms with E-state index in [1.165, 1.54) is 28.2 Å². The van der Waals surface area contributed by atoms with Crippen LogP contribution in [-0.4, -0.2) is 84.3 Å². The Labute approximate surface area is 171 Å². The molecule has 0 saturated carbocycles. The van der Waals surface area contributed by atoms with Gasteiger partial charge in [0.15, 0.2) is 0 Å². The van der Waals surface area contributed by atoms with E-state index in [0.29, 0.717) is 0 Å². The first-order valence-corrected chi connectivity index (χ1v) is 9.96. The van der Waals surface area contributed by atoms with Crippen molar-refractivity contribution >= 4 is 52.8 Å². The molecule has 3 atom stereocenters. The Morgan fingerprint density at radius 1 is 1.48 bits per heavy atom. The summed E-state index contributed by atoms with van der Waals surface area (Å²) in [6.07, 6.45) is 1.32. The highest BCUT2D eigenvalue weighted by molar-refractivity contribution is 8.00. The number of hydrogen-bond acceptors (Lipinski definition) is 10. The van der Waals surface area contributed by atoms with E-state index in [9.17, 15) is 24.3 Å². The van der Waals surface area contributed by atoms with Crippen LogP contribution in [-0.2, 0) is 24.0 Å². The first kappa shape index (κ1) is 20.7. The minimum absolute atomic E-state index is 0.0367. The zero-order chi connectivity index (χ0) is 21.2. The average molecular weight is 441 g/mol. The van der Waals surface area contributed by atoms with Crippen LogP contribution >= 0.6 is 23.3 Å². The first-order chi connectivity index (χ1) is 13.8. The zero-order valence-electron chi connectivity index (χ0n) is 14.7. The summed E-state index contributed by atoms with van der Waals surface area (Å²) < 4.78 is 3.87. The summed E-state index contributed by atoms with van der Waals surface area (Å²) in [5.41, 5.74) is -0.262. The number of fused-ring (bicyclic) bond motifs is 1. The minimum atomic E-state index is -1.28. The number of thioether (sulfide) groups is 1.